The van der Waals surface area contributed by atoms with E-state index >= 15 is 0 Å². The predicted octanol–water partition coefficient (Wildman–Crippen LogP) is 1.77. The zero-order valence-electron chi connectivity index (χ0n) is 19.3. The Bertz CT molecular complexity index is 992. The van der Waals surface area contributed by atoms with Crippen molar-refractivity contribution in [3.05, 3.63) is 64.2 Å². The first-order chi connectivity index (χ1) is 15.2. The zero-order valence-corrected chi connectivity index (χ0v) is 19.3. The third kappa shape index (κ3) is 5.57. The SMILES string of the molecule is Cc1c(C(=O)N[C@H](C(=O)OCc2cccc(CN(C)C)c2)C(C)C)ccc2c1B(O)OC2. The fourth-order valence-electron chi connectivity index (χ4n) is 3.90. The minimum Gasteiger partial charge on any atom is -0.459 e. The van der Waals surface area contributed by atoms with Crippen LogP contribution >= 0.6 is 0 Å². The molecule has 0 aliphatic carbocycles. The van der Waals surface area contributed by atoms with E-state index in [1.165, 1.54) is 0 Å². The van der Waals surface area contributed by atoms with Crippen LogP contribution in [0.3, 0.4) is 0 Å². The van der Waals surface area contributed by atoms with Crippen molar-refractivity contribution < 1.29 is 24.0 Å². The Labute approximate surface area is 189 Å². The van der Waals surface area contributed by atoms with Crippen LogP contribution in [0, 0.1) is 12.8 Å². The molecule has 170 valence electrons. The molecule has 2 aromatic carbocycles. The average Bonchev–Trinajstić information content (AvgIpc) is 3.11. The Morgan fingerprint density at radius 2 is 1.94 bits per heavy atom. The highest BCUT2D eigenvalue weighted by molar-refractivity contribution is 6.62. The molecule has 1 atom stereocenters. The molecule has 0 unspecified atom stereocenters. The van der Waals surface area contributed by atoms with Crippen LogP contribution in [0.2, 0.25) is 0 Å². The van der Waals surface area contributed by atoms with Crippen molar-refractivity contribution >= 4 is 24.5 Å². The second-order valence-corrected chi connectivity index (χ2v) is 8.83. The van der Waals surface area contributed by atoms with E-state index < -0.39 is 19.1 Å². The number of fused-ring (bicyclic) bond motifs is 1. The van der Waals surface area contributed by atoms with Crippen molar-refractivity contribution in [3.8, 4) is 0 Å². The van der Waals surface area contributed by atoms with Gasteiger partial charge >= 0.3 is 13.1 Å². The van der Waals surface area contributed by atoms with Crippen molar-refractivity contribution in [2.75, 3.05) is 14.1 Å². The van der Waals surface area contributed by atoms with E-state index in [-0.39, 0.29) is 18.4 Å². The van der Waals surface area contributed by atoms with Crippen LogP contribution < -0.4 is 10.8 Å². The summed E-state index contributed by atoms with van der Waals surface area (Å²) in [5.41, 5.74) is 4.58. The van der Waals surface area contributed by atoms with E-state index in [4.69, 9.17) is 9.39 Å². The molecule has 0 saturated heterocycles. The van der Waals surface area contributed by atoms with Crippen molar-refractivity contribution in [1.82, 2.24) is 10.2 Å². The van der Waals surface area contributed by atoms with Crippen LogP contribution in [0.4, 0.5) is 0 Å². The quantitative estimate of drug-likeness (QED) is 0.483. The van der Waals surface area contributed by atoms with Crippen LogP contribution in [0.15, 0.2) is 36.4 Å². The number of amides is 1. The standard InChI is InChI=1S/C24H31BN2O5/c1-15(2)22(24(29)31-13-18-8-6-7-17(11-18)12-27(4)5)26-23(28)20-10-9-19-14-32-25(30)21(19)16(20)3/h6-11,15,22,30H,12-14H2,1-5H3,(H,26,28)/t22-/m0/s1. The van der Waals surface area contributed by atoms with E-state index in [2.05, 4.69) is 10.2 Å². The Kier molecular flexibility index (Phi) is 7.71. The highest BCUT2D eigenvalue weighted by Gasteiger charge is 2.32. The molecule has 3 rings (SSSR count). The molecule has 8 heteroatoms. The number of hydrogen-bond acceptors (Lipinski definition) is 6. The molecule has 0 radical (unpaired) electrons. The number of rotatable bonds is 8. The number of carbonyl (C=O) groups is 2. The van der Waals surface area contributed by atoms with Gasteiger partial charge in [0.2, 0.25) is 0 Å². The molecular formula is C24H31BN2O5. The molecule has 0 bridgehead atoms. The third-order valence-electron chi connectivity index (χ3n) is 5.57. The van der Waals surface area contributed by atoms with Gasteiger partial charge < -0.3 is 24.6 Å². The fraction of sp³-hybridized carbons (Fsp3) is 0.417. The normalized spacial score (nSPS) is 13.9. The number of carbonyl (C=O) groups excluding carboxylic acids is 2. The van der Waals surface area contributed by atoms with E-state index in [0.29, 0.717) is 23.2 Å². The van der Waals surface area contributed by atoms with Crippen molar-refractivity contribution in [3.63, 3.8) is 0 Å². The highest BCUT2D eigenvalue weighted by atomic mass is 16.5. The molecular weight excluding hydrogens is 407 g/mol. The van der Waals surface area contributed by atoms with Crippen LogP contribution in [0.5, 0.6) is 0 Å². The largest absolute Gasteiger partial charge is 0.492 e. The number of nitrogens with zero attached hydrogens (tertiary/aromatic N) is 1. The second-order valence-electron chi connectivity index (χ2n) is 8.83. The van der Waals surface area contributed by atoms with Crippen LogP contribution in [-0.2, 0) is 33.9 Å². The van der Waals surface area contributed by atoms with Crippen molar-refractivity contribution in [2.24, 2.45) is 5.92 Å². The van der Waals surface area contributed by atoms with Crippen molar-refractivity contribution in [2.45, 2.75) is 46.6 Å². The van der Waals surface area contributed by atoms with E-state index in [9.17, 15) is 14.6 Å². The lowest BCUT2D eigenvalue weighted by molar-refractivity contribution is -0.148. The summed E-state index contributed by atoms with van der Waals surface area (Å²) in [6.45, 7) is 6.74. The monoisotopic (exact) mass is 438 g/mol. The van der Waals surface area contributed by atoms with Crippen LogP contribution in [-0.4, -0.2) is 49.1 Å². The van der Waals surface area contributed by atoms with Crippen LogP contribution in [0.25, 0.3) is 0 Å². The Balaban J connectivity index is 1.67. The van der Waals surface area contributed by atoms with Gasteiger partial charge in [0.15, 0.2) is 0 Å². The summed E-state index contributed by atoms with van der Waals surface area (Å²) < 4.78 is 10.8. The molecule has 2 aromatic rings. The Hall–Kier alpha value is -2.68. The molecule has 7 nitrogen and oxygen atoms in total. The van der Waals surface area contributed by atoms with Crippen molar-refractivity contribution in [1.29, 1.82) is 0 Å². The zero-order chi connectivity index (χ0) is 23.4. The van der Waals surface area contributed by atoms with E-state index in [0.717, 1.165) is 23.2 Å². The lowest BCUT2D eigenvalue weighted by atomic mass is 9.75. The Morgan fingerprint density at radius 3 is 2.62 bits per heavy atom. The number of esters is 1. The van der Waals surface area contributed by atoms with Gasteiger partial charge in [0.25, 0.3) is 5.91 Å². The summed E-state index contributed by atoms with van der Waals surface area (Å²) in [4.78, 5) is 27.8. The summed E-state index contributed by atoms with van der Waals surface area (Å²) >= 11 is 0. The maximum absolute atomic E-state index is 13.0. The maximum Gasteiger partial charge on any atom is 0.492 e. The summed E-state index contributed by atoms with van der Waals surface area (Å²) in [5, 5.41) is 12.9. The molecule has 1 amide bonds. The second kappa shape index (κ2) is 10.3. The number of benzene rings is 2. The van der Waals surface area contributed by atoms with Gasteiger partial charge in [-0.3, -0.25) is 4.79 Å². The lowest BCUT2D eigenvalue weighted by Gasteiger charge is -2.22. The number of hydrogen-bond donors (Lipinski definition) is 2. The van der Waals surface area contributed by atoms with Gasteiger partial charge in [-0.05, 0) is 60.7 Å². The third-order valence-corrected chi connectivity index (χ3v) is 5.57. The summed E-state index contributed by atoms with van der Waals surface area (Å²) in [6.07, 6.45) is 0. The first-order valence-electron chi connectivity index (χ1n) is 10.8. The average molecular weight is 438 g/mol. The summed E-state index contributed by atoms with van der Waals surface area (Å²) in [6, 6.07) is 10.6. The number of nitrogens with one attached hydrogen (secondary N) is 1. The van der Waals surface area contributed by atoms with Gasteiger partial charge in [-0.2, -0.15) is 0 Å². The fourth-order valence-corrected chi connectivity index (χ4v) is 3.90. The first kappa shape index (κ1) is 24.0. The molecule has 0 aromatic heterocycles. The lowest BCUT2D eigenvalue weighted by Crippen LogP contribution is -2.46. The van der Waals surface area contributed by atoms with Gasteiger partial charge in [0.05, 0.1) is 6.61 Å². The number of ether oxygens (including phenoxy) is 1. The molecule has 32 heavy (non-hydrogen) atoms. The maximum atomic E-state index is 13.0. The Morgan fingerprint density at radius 1 is 1.22 bits per heavy atom. The smallest absolute Gasteiger partial charge is 0.459 e. The molecule has 1 aliphatic rings. The van der Waals surface area contributed by atoms with Gasteiger partial charge in [-0.1, -0.05) is 44.2 Å². The van der Waals surface area contributed by atoms with Gasteiger partial charge in [0.1, 0.15) is 12.6 Å². The van der Waals surface area contributed by atoms with Gasteiger partial charge in [-0.25, -0.2) is 4.79 Å². The summed E-state index contributed by atoms with van der Waals surface area (Å²) in [5.74, 6) is -1.02. The topological polar surface area (TPSA) is 88.1 Å². The molecule has 1 heterocycles. The first-order valence-corrected chi connectivity index (χ1v) is 10.8. The molecule has 0 saturated carbocycles. The highest BCUT2D eigenvalue weighted by Crippen LogP contribution is 2.17. The molecule has 2 N–H and O–H groups in total. The minimum absolute atomic E-state index is 0.139. The van der Waals surface area contributed by atoms with E-state index in [1.807, 2.05) is 52.2 Å². The molecule has 0 spiro atoms. The van der Waals surface area contributed by atoms with E-state index in [1.54, 1.807) is 19.1 Å². The van der Waals surface area contributed by atoms with Gasteiger partial charge in [-0.15, -0.1) is 0 Å². The van der Waals surface area contributed by atoms with Gasteiger partial charge in [0, 0.05) is 12.1 Å². The molecule has 1 aliphatic heterocycles. The summed E-state index contributed by atoms with van der Waals surface area (Å²) in [7, 11) is 2.96. The minimum atomic E-state index is -1.04. The molecule has 0 fully saturated rings. The predicted molar refractivity (Wildman–Crippen MR) is 123 cm³/mol. The van der Waals surface area contributed by atoms with Crippen LogP contribution in [0.1, 0.15) is 46.5 Å².